The zero-order chi connectivity index (χ0) is 14.0. The average Bonchev–Trinajstić information content (AvgIpc) is 3.13. The molecule has 0 saturated heterocycles. The topological polar surface area (TPSA) is 75.8 Å². The van der Waals surface area contributed by atoms with Crippen LogP contribution in [0, 0.1) is 0 Å². The smallest absolute Gasteiger partial charge is 0.191 e. The molecule has 2 N–H and O–H groups in total. The molecule has 0 aromatic carbocycles. The Morgan fingerprint density at radius 1 is 1.53 bits per heavy atom. The zero-order valence-electron chi connectivity index (χ0n) is 11.2. The Bertz CT molecular complexity index is 574. The molecule has 0 atom stereocenters. The Morgan fingerprint density at radius 2 is 2.21 bits per heavy atom. The fourth-order valence-corrected chi connectivity index (χ4v) is 4.07. The quantitative estimate of drug-likeness (QED) is 0.660. The minimum Gasteiger partial charge on any atom is -0.370 e. The van der Waals surface area contributed by atoms with Crippen molar-refractivity contribution < 1.29 is 8.42 Å². The van der Waals surface area contributed by atoms with Crippen LogP contribution >= 0.6 is 11.3 Å². The zero-order valence-corrected chi connectivity index (χ0v) is 12.8. The molecule has 5 nitrogen and oxygen atoms in total. The lowest BCUT2D eigenvalue weighted by molar-refractivity contribution is 0.487. The molecule has 106 valence electrons. The van der Waals surface area contributed by atoms with Crippen LogP contribution in [0.3, 0.4) is 0 Å². The monoisotopic (exact) mass is 301 g/mol. The SMILES string of the molecule is CCS(=O)(=O)c1ccc(CN=C(N)N(C)C2CC2)s1. The minimum atomic E-state index is -3.11. The lowest BCUT2D eigenvalue weighted by atomic mass is 10.5. The van der Waals surface area contributed by atoms with E-state index in [2.05, 4.69) is 4.99 Å². The van der Waals surface area contributed by atoms with Crippen molar-refractivity contribution in [3.8, 4) is 0 Å². The summed E-state index contributed by atoms with van der Waals surface area (Å²) < 4.78 is 23.8. The normalized spacial score (nSPS) is 16.6. The Morgan fingerprint density at radius 3 is 2.79 bits per heavy atom. The van der Waals surface area contributed by atoms with Crippen LogP contribution in [0.5, 0.6) is 0 Å². The van der Waals surface area contributed by atoms with Gasteiger partial charge in [-0.05, 0) is 25.0 Å². The molecule has 0 spiro atoms. The molecule has 1 saturated carbocycles. The van der Waals surface area contributed by atoms with Crippen LogP contribution in [0.1, 0.15) is 24.6 Å². The maximum Gasteiger partial charge on any atom is 0.191 e. The molecule has 0 unspecified atom stereocenters. The molecular formula is C12H19N3O2S2. The number of nitrogens with two attached hydrogens (primary N) is 1. The molecule has 0 radical (unpaired) electrons. The first kappa shape index (κ1) is 14.3. The first-order valence-corrected chi connectivity index (χ1v) is 8.75. The van der Waals surface area contributed by atoms with Crippen molar-refractivity contribution in [2.45, 2.75) is 36.6 Å². The van der Waals surface area contributed by atoms with Crippen molar-refractivity contribution in [3.63, 3.8) is 0 Å². The molecule has 1 aromatic heterocycles. The Hall–Kier alpha value is -1.08. The number of aliphatic imine (C=N–C) groups is 1. The van der Waals surface area contributed by atoms with Gasteiger partial charge in [-0.25, -0.2) is 13.4 Å². The van der Waals surface area contributed by atoms with Crippen molar-refractivity contribution in [3.05, 3.63) is 17.0 Å². The van der Waals surface area contributed by atoms with E-state index in [1.807, 2.05) is 11.9 Å². The lowest BCUT2D eigenvalue weighted by Gasteiger charge is -2.16. The third kappa shape index (κ3) is 3.48. The van der Waals surface area contributed by atoms with Crippen molar-refractivity contribution in [1.29, 1.82) is 0 Å². The second-order valence-corrected chi connectivity index (χ2v) is 8.31. The largest absolute Gasteiger partial charge is 0.370 e. The van der Waals surface area contributed by atoms with Gasteiger partial charge < -0.3 is 10.6 Å². The van der Waals surface area contributed by atoms with Crippen molar-refractivity contribution in [2.24, 2.45) is 10.7 Å². The number of guanidine groups is 1. The summed E-state index contributed by atoms with van der Waals surface area (Å²) in [5.74, 6) is 0.652. The van der Waals surface area contributed by atoms with E-state index in [0.717, 1.165) is 4.88 Å². The predicted octanol–water partition coefficient (Wildman–Crippen LogP) is 1.45. The third-order valence-electron chi connectivity index (χ3n) is 3.18. The maximum atomic E-state index is 11.7. The highest BCUT2D eigenvalue weighted by molar-refractivity contribution is 7.93. The summed E-state index contributed by atoms with van der Waals surface area (Å²) in [4.78, 5) is 7.21. The molecule has 7 heteroatoms. The van der Waals surface area contributed by atoms with Crippen LogP contribution in [0.2, 0.25) is 0 Å². The van der Waals surface area contributed by atoms with Gasteiger partial charge in [0.25, 0.3) is 0 Å². The summed E-state index contributed by atoms with van der Waals surface area (Å²) in [7, 11) is -1.16. The molecule has 2 rings (SSSR count). The maximum absolute atomic E-state index is 11.7. The number of nitrogens with zero attached hydrogens (tertiary/aromatic N) is 2. The van der Waals surface area contributed by atoms with Gasteiger partial charge in [0.05, 0.1) is 12.3 Å². The fourth-order valence-electron chi connectivity index (χ4n) is 1.67. The lowest BCUT2D eigenvalue weighted by Crippen LogP contribution is -2.35. The van der Waals surface area contributed by atoms with Crippen LogP contribution in [-0.2, 0) is 16.4 Å². The standard InChI is InChI=1S/C12H19N3O2S2/c1-3-19(16,17)11-7-6-10(18-11)8-14-12(13)15(2)9-4-5-9/h6-7,9H,3-5,8H2,1-2H3,(H2,13,14). The summed E-state index contributed by atoms with van der Waals surface area (Å²) >= 11 is 1.27. The Labute approximate surface area is 118 Å². The first-order chi connectivity index (χ1) is 8.94. The molecule has 0 bridgehead atoms. The van der Waals surface area contributed by atoms with E-state index < -0.39 is 9.84 Å². The van der Waals surface area contributed by atoms with E-state index in [4.69, 9.17) is 5.73 Å². The van der Waals surface area contributed by atoms with Crippen LogP contribution in [0.25, 0.3) is 0 Å². The van der Waals surface area contributed by atoms with Gasteiger partial charge in [-0.3, -0.25) is 0 Å². The Kier molecular flexibility index (Phi) is 4.15. The summed E-state index contributed by atoms with van der Waals surface area (Å²) in [6, 6.07) is 3.99. The number of rotatable bonds is 5. The van der Waals surface area contributed by atoms with E-state index >= 15 is 0 Å². The highest BCUT2D eigenvalue weighted by Crippen LogP contribution is 2.26. The molecule has 1 aromatic rings. The second-order valence-electron chi connectivity index (χ2n) is 4.64. The number of sulfone groups is 1. The molecule has 0 amide bonds. The molecule has 19 heavy (non-hydrogen) atoms. The van der Waals surface area contributed by atoms with Crippen molar-refractivity contribution in [1.82, 2.24) is 4.90 Å². The Balaban J connectivity index is 2.02. The van der Waals surface area contributed by atoms with E-state index in [9.17, 15) is 8.42 Å². The van der Waals surface area contributed by atoms with Crippen LogP contribution < -0.4 is 5.73 Å². The highest BCUT2D eigenvalue weighted by atomic mass is 32.2. The second kappa shape index (κ2) is 5.50. The van der Waals surface area contributed by atoms with Gasteiger partial charge in [-0.2, -0.15) is 0 Å². The van der Waals surface area contributed by atoms with E-state index in [-0.39, 0.29) is 5.75 Å². The highest BCUT2D eigenvalue weighted by Gasteiger charge is 2.27. The summed E-state index contributed by atoms with van der Waals surface area (Å²) in [6.45, 7) is 2.09. The molecule has 1 aliphatic rings. The molecule has 1 fully saturated rings. The van der Waals surface area contributed by atoms with Gasteiger partial charge in [-0.1, -0.05) is 6.92 Å². The van der Waals surface area contributed by atoms with Crippen molar-refractivity contribution in [2.75, 3.05) is 12.8 Å². The number of thiophene rings is 1. The van der Waals surface area contributed by atoms with Crippen molar-refractivity contribution >= 4 is 27.1 Å². The molecule has 0 aliphatic heterocycles. The number of hydrogen-bond donors (Lipinski definition) is 1. The van der Waals surface area contributed by atoms with Gasteiger partial charge in [0.2, 0.25) is 0 Å². The van der Waals surface area contributed by atoms with Gasteiger partial charge in [0, 0.05) is 18.0 Å². The predicted molar refractivity (Wildman–Crippen MR) is 78.2 cm³/mol. The minimum absolute atomic E-state index is 0.128. The van der Waals surface area contributed by atoms with Gasteiger partial charge in [-0.15, -0.1) is 11.3 Å². The summed E-state index contributed by atoms with van der Waals surface area (Å²) in [5, 5.41) is 0. The molecule has 1 heterocycles. The fraction of sp³-hybridized carbons (Fsp3) is 0.583. The van der Waals surface area contributed by atoms with Gasteiger partial charge >= 0.3 is 0 Å². The van der Waals surface area contributed by atoms with Gasteiger partial charge in [0.15, 0.2) is 15.8 Å². The number of hydrogen-bond acceptors (Lipinski definition) is 4. The van der Waals surface area contributed by atoms with Crippen LogP contribution in [0.15, 0.2) is 21.3 Å². The summed E-state index contributed by atoms with van der Waals surface area (Å²) in [6.07, 6.45) is 2.34. The molecule has 1 aliphatic carbocycles. The third-order valence-corrected chi connectivity index (χ3v) is 6.56. The van der Waals surface area contributed by atoms with Gasteiger partial charge in [0.1, 0.15) is 4.21 Å². The summed E-state index contributed by atoms with van der Waals surface area (Å²) in [5.41, 5.74) is 5.89. The van der Waals surface area contributed by atoms with Crippen LogP contribution in [-0.4, -0.2) is 38.1 Å². The van der Waals surface area contributed by atoms with Crippen LogP contribution in [0.4, 0.5) is 0 Å². The molecular weight excluding hydrogens is 282 g/mol. The average molecular weight is 301 g/mol. The van der Waals surface area contributed by atoms with E-state index in [1.165, 1.54) is 24.2 Å². The van der Waals surface area contributed by atoms with E-state index in [1.54, 1.807) is 19.1 Å². The first-order valence-electron chi connectivity index (χ1n) is 6.28. The van der Waals surface area contributed by atoms with E-state index in [0.29, 0.717) is 22.8 Å².